The van der Waals surface area contributed by atoms with Gasteiger partial charge in [-0.15, -0.1) is 0 Å². The maximum atomic E-state index is 5.86. The first-order chi connectivity index (χ1) is 9.24. The van der Waals surface area contributed by atoms with Crippen LogP contribution in [0.3, 0.4) is 0 Å². The molecule has 0 aliphatic heterocycles. The van der Waals surface area contributed by atoms with Crippen molar-refractivity contribution in [1.29, 1.82) is 0 Å². The molecule has 1 aliphatic carbocycles. The highest BCUT2D eigenvalue weighted by molar-refractivity contribution is 5.63. The van der Waals surface area contributed by atoms with Crippen LogP contribution in [0.4, 0.5) is 5.82 Å². The Morgan fingerprint density at radius 3 is 2.63 bits per heavy atom. The smallest absolute Gasteiger partial charge is 0.121 e. The van der Waals surface area contributed by atoms with Crippen molar-refractivity contribution in [2.45, 2.75) is 38.0 Å². The zero-order valence-corrected chi connectivity index (χ0v) is 11.5. The number of anilines is 1. The number of hydrogen-bond donors (Lipinski definition) is 1. The lowest BCUT2D eigenvalue weighted by molar-refractivity contribution is 0.443. The van der Waals surface area contributed by atoms with E-state index in [0.717, 1.165) is 11.6 Å². The summed E-state index contributed by atoms with van der Waals surface area (Å²) >= 11 is 0. The minimum absolute atomic E-state index is 0.707. The second kappa shape index (κ2) is 5.08. The van der Waals surface area contributed by atoms with Gasteiger partial charge < -0.3 is 5.73 Å². The third kappa shape index (κ3) is 2.50. The van der Waals surface area contributed by atoms with E-state index in [1.54, 1.807) is 4.68 Å². The van der Waals surface area contributed by atoms with Crippen LogP contribution in [0.5, 0.6) is 0 Å². The van der Waals surface area contributed by atoms with Gasteiger partial charge in [0.05, 0.1) is 5.69 Å². The second-order valence-electron chi connectivity index (χ2n) is 5.54. The van der Waals surface area contributed by atoms with Gasteiger partial charge in [-0.2, -0.15) is 5.10 Å². The summed E-state index contributed by atoms with van der Waals surface area (Å²) in [5, 5.41) is 4.46. The lowest BCUT2D eigenvalue weighted by Gasteiger charge is -2.22. The van der Waals surface area contributed by atoms with Crippen LogP contribution in [0.2, 0.25) is 0 Å². The molecule has 1 aromatic carbocycles. The number of rotatable bonds is 2. The average Bonchev–Trinajstić information content (AvgIpc) is 2.80. The first kappa shape index (κ1) is 12.3. The van der Waals surface area contributed by atoms with Gasteiger partial charge in [-0.25, -0.2) is 0 Å². The monoisotopic (exact) mass is 255 g/mol. The van der Waals surface area contributed by atoms with Crippen molar-refractivity contribution in [2.24, 2.45) is 7.05 Å². The summed E-state index contributed by atoms with van der Waals surface area (Å²) in [6, 6.07) is 10.8. The van der Waals surface area contributed by atoms with E-state index in [-0.39, 0.29) is 0 Å². The Morgan fingerprint density at radius 1 is 1.16 bits per heavy atom. The fourth-order valence-corrected chi connectivity index (χ4v) is 3.01. The predicted octanol–water partition coefficient (Wildman–Crippen LogP) is 3.72. The molecule has 100 valence electrons. The highest BCUT2D eigenvalue weighted by Gasteiger charge is 2.16. The predicted molar refractivity (Wildman–Crippen MR) is 78.9 cm³/mol. The van der Waals surface area contributed by atoms with Gasteiger partial charge in [0.2, 0.25) is 0 Å². The van der Waals surface area contributed by atoms with Gasteiger partial charge in [0.25, 0.3) is 0 Å². The highest BCUT2D eigenvalue weighted by atomic mass is 15.3. The van der Waals surface area contributed by atoms with Crippen LogP contribution < -0.4 is 5.73 Å². The summed E-state index contributed by atoms with van der Waals surface area (Å²) in [5.74, 6) is 1.44. The average molecular weight is 255 g/mol. The summed E-state index contributed by atoms with van der Waals surface area (Å²) in [4.78, 5) is 0. The zero-order valence-electron chi connectivity index (χ0n) is 11.5. The van der Waals surface area contributed by atoms with Crippen LogP contribution in [0, 0.1) is 0 Å². The number of aromatic nitrogens is 2. The lowest BCUT2D eigenvalue weighted by atomic mass is 9.83. The molecule has 0 radical (unpaired) electrons. The molecule has 19 heavy (non-hydrogen) atoms. The molecule has 1 aromatic heterocycles. The number of aryl methyl sites for hydroxylation is 1. The van der Waals surface area contributed by atoms with Crippen molar-refractivity contribution in [3.05, 3.63) is 35.9 Å². The molecular weight excluding hydrogens is 234 g/mol. The molecule has 0 spiro atoms. The summed E-state index contributed by atoms with van der Waals surface area (Å²) in [7, 11) is 1.88. The minimum atomic E-state index is 0.707. The Labute approximate surface area is 114 Å². The molecule has 1 aliphatic rings. The van der Waals surface area contributed by atoms with Gasteiger partial charge >= 0.3 is 0 Å². The summed E-state index contributed by atoms with van der Waals surface area (Å²) < 4.78 is 1.72. The van der Waals surface area contributed by atoms with E-state index in [9.17, 15) is 0 Å². The Morgan fingerprint density at radius 2 is 1.95 bits per heavy atom. The SMILES string of the molecule is Cn1nc(-c2cccc(C3CCCCC3)c2)cc1N. The van der Waals surface area contributed by atoms with Crippen LogP contribution in [0.1, 0.15) is 43.6 Å². The Balaban J connectivity index is 1.90. The van der Waals surface area contributed by atoms with E-state index < -0.39 is 0 Å². The molecule has 0 unspecified atom stereocenters. The molecule has 0 saturated heterocycles. The first-order valence-electron chi connectivity index (χ1n) is 7.14. The largest absolute Gasteiger partial charge is 0.384 e. The van der Waals surface area contributed by atoms with E-state index in [0.29, 0.717) is 5.82 Å². The third-order valence-corrected chi connectivity index (χ3v) is 4.17. The Hall–Kier alpha value is -1.77. The number of hydrogen-bond acceptors (Lipinski definition) is 2. The van der Waals surface area contributed by atoms with E-state index >= 15 is 0 Å². The molecule has 3 heteroatoms. The molecule has 0 amide bonds. The van der Waals surface area contributed by atoms with Crippen molar-refractivity contribution in [3.63, 3.8) is 0 Å². The van der Waals surface area contributed by atoms with Gasteiger partial charge in [-0.05, 0) is 30.4 Å². The molecule has 2 aromatic rings. The highest BCUT2D eigenvalue weighted by Crippen LogP contribution is 2.34. The fraction of sp³-hybridized carbons (Fsp3) is 0.438. The van der Waals surface area contributed by atoms with Crippen LogP contribution in [-0.2, 0) is 7.05 Å². The van der Waals surface area contributed by atoms with Gasteiger partial charge in [0, 0.05) is 18.7 Å². The van der Waals surface area contributed by atoms with Crippen LogP contribution in [-0.4, -0.2) is 9.78 Å². The molecule has 2 N–H and O–H groups in total. The van der Waals surface area contributed by atoms with Crippen LogP contribution in [0.15, 0.2) is 30.3 Å². The molecule has 1 fully saturated rings. The van der Waals surface area contributed by atoms with Gasteiger partial charge in [-0.1, -0.05) is 37.5 Å². The maximum absolute atomic E-state index is 5.86. The van der Waals surface area contributed by atoms with Crippen molar-refractivity contribution in [2.75, 3.05) is 5.73 Å². The van der Waals surface area contributed by atoms with Crippen molar-refractivity contribution in [1.82, 2.24) is 9.78 Å². The van der Waals surface area contributed by atoms with Crippen LogP contribution in [0.25, 0.3) is 11.3 Å². The number of benzene rings is 1. The zero-order chi connectivity index (χ0) is 13.2. The topological polar surface area (TPSA) is 43.8 Å². The summed E-state index contributed by atoms with van der Waals surface area (Å²) in [5.41, 5.74) is 9.47. The van der Waals surface area contributed by atoms with Gasteiger partial charge in [0.15, 0.2) is 0 Å². The molecule has 1 heterocycles. The molecular formula is C16H21N3. The molecule has 3 rings (SSSR count). The Bertz CT molecular complexity index is 546. The number of nitrogens with zero attached hydrogens (tertiary/aromatic N) is 2. The van der Waals surface area contributed by atoms with E-state index in [4.69, 9.17) is 5.73 Å². The second-order valence-corrected chi connectivity index (χ2v) is 5.54. The fourth-order valence-electron chi connectivity index (χ4n) is 3.01. The van der Waals surface area contributed by atoms with Gasteiger partial charge in [-0.3, -0.25) is 4.68 Å². The van der Waals surface area contributed by atoms with E-state index in [1.807, 2.05) is 13.1 Å². The van der Waals surface area contributed by atoms with Crippen molar-refractivity contribution < 1.29 is 0 Å². The standard InChI is InChI=1S/C16H21N3/c1-19-16(17)11-15(18-19)14-9-5-8-13(10-14)12-6-3-2-4-7-12/h5,8-12H,2-4,6-7,17H2,1H3. The minimum Gasteiger partial charge on any atom is -0.384 e. The normalized spacial score (nSPS) is 16.7. The van der Waals surface area contributed by atoms with E-state index in [1.165, 1.54) is 43.2 Å². The number of nitrogen functional groups attached to an aromatic ring is 1. The van der Waals surface area contributed by atoms with Crippen molar-refractivity contribution in [3.8, 4) is 11.3 Å². The number of nitrogens with two attached hydrogens (primary N) is 1. The quantitative estimate of drug-likeness (QED) is 0.888. The molecule has 0 atom stereocenters. The van der Waals surface area contributed by atoms with Crippen molar-refractivity contribution >= 4 is 5.82 Å². The van der Waals surface area contributed by atoms with Gasteiger partial charge in [0.1, 0.15) is 5.82 Å². The van der Waals surface area contributed by atoms with Crippen LogP contribution >= 0.6 is 0 Å². The first-order valence-corrected chi connectivity index (χ1v) is 7.14. The summed E-state index contributed by atoms with van der Waals surface area (Å²) in [6.45, 7) is 0. The molecule has 0 bridgehead atoms. The lowest BCUT2D eigenvalue weighted by Crippen LogP contribution is -2.04. The van der Waals surface area contributed by atoms with E-state index in [2.05, 4.69) is 29.4 Å². The molecule has 3 nitrogen and oxygen atoms in total. The third-order valence-electron chi connectivity index (χ3n) is 4.17. The Kier molecular flexibility index (Phi) is 3.28. The summed E-state index contributed by atoms with van der Waals surface area (Å²) in [6.07, 6.45) is 6.78. The molecule has 1 saturated carbocycles. The maximum Gasteiger partial charge on any atom is 0.121 e.